The van der Waals surface area contributed by atoms with Crippen molar-refractivity contribution in [1.82, 2.24) is 0 Å². The van der Waals surface area contributed by atoms with Gasteiger partial charge in [-0.25, -0.2) is 0 Å². The lowest BCUT2D eigenvalue weighted by Gasteiger charge is -2.25. The van der Waals surface area contributed by atoms with Gasteiger partial charge in [0.1, 0.15) is 0 Å². The smallest absolute Gasteiger partial charge is 0.299 e. The summed E-state index contributed by atoms with van der Waals surface area (Å²) in [5.41, 5.74) is 1.12. The lowest BCUT2D eigenvalue weighted by atomic mass is 10.1. The fourth-order valence-electron chi connectivity index (χ4n) is 2.43. The molecule has 6 heteroatoms. The normalized spacial score (nSPS) is 19.6. The number of rotatable bonds is 3. The highest BCUT2D eigenvalue weighted by Gasteiger charge is 2.36. The molecular formula is C14H14BrNO4. The highest BCUT2D eigenvalue weighted by molar-refractivity contribution is 9.10. The van der Waals surface area contributed by atoms with Crippen LogP contribution in [0.15, 0.2) is 22.7 Å². The third-order valence-electron chi connectivity index (χ3n) is 3.42. The standard InChI is InChI=1S/C14H14BrNO4/c15-9-2-3-11-10(8-9)13(17)14(18)16(11)5-4-12-19-6-1-7-20-12/h2-3,8,12H,1,4-7H2. The second-order valence-corrected chi connectivity index (χ2v) is 5.68. The zero-order valence-electron chi connectivity index (χ0n) is 10.8. The average Bonchev–Trinajstić information content (AvgIpc) is 2.70. The van der Waals surface area contributed by atoms with Gasteiger partial charge in [0, 0.05) is 17.4 Å². The molecule has 0 atom stereocenters. The SMILES string of the molecule is O=C1C(=O)N(CCC2OCCCO2)c2ccc(Br)cc21. The van der Waals surface area contributed by atoms with Crippen molar-refractivity contribution in [1.29, 1.82) is 0 Å². The largest absolute Gasteiger partial charge is 0.353 e. The summed E-state index contributed by atoms with van der Waals surface area (Å²) in [7, 11) is 0. The van der Waals surface area contributed by atoms with E-state index in [-0.39, 0.29) is 6.29 Å². The molecule has 1 aromatic carbocycles. The van der Waals surface area contributed by atoms with Crippen LogP contribution in [0.1, 0.15) is 23.2 Å². The molecule has 2 aliphatic rings. The maximum atomic E-state index is 12.0. The van der Waals surface area contributed by atoms with Crippen LogP contribution in [0.5, 0.6) is 0 Å². The van der Waals surface area contributed by atoms with Crippen molar-refractivity contribution in [2.45, 2.75) is 19.1 Å². The Hall–Kier alpha value is -1.24. The van der Waals surface area contributed by atoms with E-state index in [0.29, 0.717) is 37.4 Å². The molecule has 20 heavy (non-hydrogen) atoms. The lowest BCUT2D eigenvalue weighted by molar-refractivity contribution is -0.179. The van der Waals surface area contributed by atoms with E-state index in [1.165, 1.54) is 4.90 Å². The van der Waals surface area contributed by atoms with Crippen LogP contribution in [0.3, 0.4) is 0 Å². The first-order chi connectivity index (χ1) is 9.66. The monoisotopic (exact) mass is 339 g/mol. The van der Waals surface area contributed by atoms with E-state index in [1.54, 1.807) is 12.1 Å². The van der Waals surface area contributed by atoms with Gasteiger partial charge in [-0.3, -0.25) is 9.59 Å². The molecule has 1 aromatic rings. The number of Topliss-reactive ketones (excluding diaryl/α,β-unsaturated/α-hetero) is 1. The van der Waals surface area contributed by atoms with E-state index in [0.717, 1.165) is 10.9 Å². The molecule has 0 unspecified atom stereocenters. The molecule has 1 fully saturated rings. The number of hydrogen-bond donors (Lipinski definition) is 0. The third-order valence-corrected chi connectivity index (χ3v) is 3.91. The minimum atomic E-state index is -0.478. The first-order valence-corrected chi connectivity index (χ1v) is 7.35. The summed E-state index contributed by atoms with van der Waals surface area (Å²) in [4.78, 5) is 25.5. The predicted octanol–water partition coefficient (Wildman–Crippen LogP) is 2.13. The molecular weight excluding hydrogens is 326 g/mol. The minimum absolute atomic E-state index is 0.286. The van der Waals surface area contributed by atoms with Crippen LogP contribution < -0.4 is 4.90 Å². The molecule has 0 saturated carbocycles. The number of ether oxygens (including phenoxy) is 2. The lowest BCUT2D eigenvalue weighted by Crippen LogP contribution is -2.35. The summed E-state index contributed by atoms with van der Waals surface area (Å²) in [6.07, 6.45) is 1.18. The summed E-state index contributed by atoms with van der Waals surface area (Å²) >= 11 is 3.31. The summed E-state index contributed by atoms with van der Waals surface area (Å²) in [5.74, 6) is -0.930. The van der Waals surface area contributed by atoms with Crippen LogP contribution in [0.25, 0.3) is 0 Å². The molecule has 0 spiro atoms. The second-order valence-electron chi connectivity index (χ2n) is 4.76. The van der Waals surface area contributed by atoms with Gasteiger partial charge in [0.25, 0.3) is 11.7 Å². The van der Waals surface area contributed by atoms with Gasteiger partial charge in [-0.1, -0.05) is 15.9 Å². The van der Waals surface area contributed by atoms with Crippen LogP contribution in [-0.2, 0) is 14.3 Å². The molecule has 0 aromatic heterocycles. The Morgan fingerprint density at radius 2 is 2.00 bits per heavy atom. The molecule has 0 N–H and O–H groups in total. The highest BCUT2D eigenvalue weighted by Crippen LogP contribution is 2.31. The van der Waals surface area contributed by atoms with Crippen molar-refractivity contribution in [2.75, 3.05) is 24.7 Å². The highest BCUT2D eigenvalue weighted by atomic mass is 79.9. The van der Waals surface area contributed by atoms with E-state index in [4.69, 9.17) is 9.47 Å². The van der Waals surface area contributed by atoms with E-state index in [9.17, 15) is 9.59 Å². The maximum Gasteiger partial charge on any atom is 0.299 e. The number of anilines is 1. The number of nitrogens with zero attached hydrogens (tertiary/aromatic N) is 1. The summed E-state index contributed by atoms with van der Waals surface area (Å²) in [5, 5.41) is 0. The van der Waals surface area contributed by atoms with Crippen molar-refractivity contribution < 1.29 is 19.1 Å². The fourth-order valence-corrected chi connectivity index (χ4v) is 2.79. The van der Waals surface area contributed by atoms with Crippen LogP contribution in [0.4, 0.5) is 5.69 Å². The Bertz CT molecular complexity index is 554. The summed E-state index contributed by atoms with van der Waals surface area (Å²) in [6.45, 7) is 1.78. The number of benzene rings is 1. The Morgan fingerprint density at radius 1 is 1.25 bits per heavy atom. The number of fused-ring (bicyclic) bond motifs is 1. The molecule has 0 aliphatic carbocycles. The van der Waals surface area contributed by atoms with E-state index in [1.807, 2.05) is 6.07 Å². The first kappa shape index (κ1) is 13.7. The molecule has 1 saturated heterocycles. The predicted molar refractivity (Wildman–Crippen MR) is 75.8 cm³/mol. The van der Waals surface area contributed by atoms with Gasteiger partial charge in [-0.05, 0) is 24.6 Å². The molecule has 3 rings (SSSR count). The Kier molecular flexibility index (Phi) is 3.87. The Morgan fingerprint density at radius 3 is 2.75 bits per heavy atom. The third kappa shape index (κ3) is 2.51. The second kappa shape index (κ2) is 5.63. The van der Waals surface area contributed by atoms with Gasteiger partial charge in [0.15, 0.2) is 6.29 Å². The Balaban J connectivity index is 1.74. The number of amides is 1. The maximum absolute atomic E-state index is 12.0. The number of carbonyl (C=O) groups is 2. The summed E-state index contributed by atoms with van der Waals surface area (Å²) in [6, 6.07) is 5.29. The van der Waals surface area contributed by atoms with Crippen molar-refractivity contribution in [3.63, 3.8) is 0 Å². The van der Waals surface area contributed by atoms with Crippen LogP contribution in [-0.4, -0.2) is 37.7 Å². The molecule has 2 aliphatic heterocycles. The van der Waals surface area contributed by atoms with Gasteiger partial charge in [0.05, 0.1) is 24.5 Å². The van der Waals surface area contributed by atoms with Crippen LogP contribution >= 0.6 is 15.9 Å². The van der Waals surface area contributed by atoms with Crippen molar-refractivity contribution in [3.8, 4) is 0 Å². The van der Waals surface area contributed by atoms with Crippen molar-refractivity contribution in [3.05, 3.63) is 28.2 Å². The van der Waals surface area contributed by atoms with Gasteiger partial charge < -0.3 is 14.4 Å². The van der Waals surface area contributed by atoms with Gasteiger partial charge in [-0.2, -0.15) is 0 Å². The zero-order valence-corrected chi connectivity index (χ0v) is 12.4. The Labute approximate surface area is 125 Å². The van der Waals surface area contributed by atoms with Crippen molar-refractivity contribution >= 4 is 33.3 Å². The van der Waals surface area contributed by atoms with Gasteiger partial charge in [0.2, 0.25) is 0 Å². The van der Waals surface area contributed by atoms with Gasteiger partial charge >= 0.3 is 0 Å². The zero-order chi connectivity index (χ0) is 14.1. The van der Waals surface area contributed by atoms with E-state index >= 15 is 0 Å². The average molecular weight is 340 g/mol. The molecule has 106 valence electrons. The number of hydrogen-bond acceptors (Lipinski definition) is 4. The summed E-state index contributed by atoms with van der Waals surface area (Å²) < 4.78 is 11.7. The van der Waals surface area contributed by atoms with Crippen molar-refractivity contribution in [2.24, 2.45) is 0 Å². The van der Waals surface area contributed by atoms with Crippen LogP contribution in [0.2, 0.25) is 0 Å². The molecule has 5 nitrogen and oxygen atoms in total. The van der Waals surface area contributed by atoms with E-state index in [2.05, 4.69) is 15.9 Å². The molecule has 0 bridgehead atoms. The topological polar surface area (TPSA) is 55.8 Å². The number of ketones is 1. The molecule has 2 heterocycles. The first-order valence-electron chi connectivity index (χ1n) is 6.56. The number of halogens is 1. The fraction of sp³-hybridized carbons (Fsp3) is 0.429. The van der Waals surface area contributed by atoms with E-state index < -0.39 is 11.7 Å². The van der Waals surface area contributed by atoms with Gasteiger partial charge in [-0.15, -0.1) is 0 Å². The quantitative estimate of drug-likeness (QED) is 0.791. The minimum Gasteiger partial charge on any atom is -0.353 e. The van der Waals surface area contributed by atoms with Crippen LogP contribution in [0, 0.1) is 0 Å². The molecule has 0 radical (unpaired) electrons. The molecule has 1 amide bonds. The number of carbonyl (C=O) groups excluding carboxylic acids is 2.